The van der Waals surface area contributed by atoms with Crippen LogP contribution in [0.2, 0.25) is 0 Å². The van der Waals surface area contributed by atoms with Gasteiger partial charge in [-0.25, -0.2) is 0 Å². The molecule has 0 saturated carbocycles. The molecule has 1 atom stereocenters. The number of carbonyl (C=O) groups is 1. The van der Waals surface area contributed by atoms with Gasteiger partial charge in [-0.05, 0) is 43.2 Å². The molecule has 24 heavy (non-hydrogen) atoms. The highest BCUT2D eigenvalue weighted by molar-refractivity contribution is 6.10. The molecule has 4 heteroatoms. The summed E-state index contributed by atoms with van der Waals surface area (Å²) < 4.78 is 11.6. The molecule has 1 aliphatic rings. The molecule has 0 bridgehead atoms. The number of allylic oxidation sites excluding steroid dienone is 1. The zero-order valence-electron chi connectivity index (χ0n) is 13.5. The Hall–Kier alpha value is -2.59. The summed E-state index contributed by atoms with van der Waals surface area (Å²) >= 11 is 0. The molecule has 1 unspecified atom stereocenters. The van der Waals surface area contributed by atoms with Gasteiger partial charge in [-0.1, -0.05) is 30.3 Å². The van der Waals surface area contributed by atoms with Gasteiger partial charge in [0.15, 0.2) is 12.1 Å². The van der Waals surface area contributed by atoms with Crippen molar-refractivity contribution in [3.8, 4) is 5.75 Å². The molecule has 1 fully saturated rings. The van der Waals surface area contributed by atoms with Crippen molar-refractivity contribution in [1.29, 1.82) is 0 Å². The Morgan fingerprint density at radius 1 is 1.12 bits per heavy atom. The molecule has 0 aromatic heterocycles. The van der Waals surface area contributed by atoms with Gasteiger partial charge < -0.3 is 15.2 Å². The Morgan fingerprint density at radius 2 is 1.92 bits per heavy atom. The molecular formula is C20H21NO3. The van der Waals surface area contributed by atoms with E-state index in [-0.39, 0.29) is 12.1 Å². The van der Waals surface area contributed by atoms with E-state index in [2.05, 4.69) is 0 Å². The van der Waals surface area contributed by atoms with Crippen molar-refractivity contribution >= 4 is 17.5 Å². The second kappa shape index (κ2) is 7.79. The van der Waals surface area contributed by atoms with Crippen molar-refractivity contribution in [3.63, 3.8) is 0 Å². The van der Waals surface area contributed by atoms with Crippen molar-refractivity contribution in [2.24, 2.45) is 0 Å². The lowest BCUT2D eigenvalue weighted by Crippen LogP contribution is -2.25. The number of benzene rings is 2. The van der Waals surface area contributed by atoms with Crippen molar-refractivity contribution in [2.45, 2.75) is 25.6 Å². The van der Waals surface area contributed by atoms with E-state index in [1.165, 1.54) is 6.08 Å². The standard InChI is InChI=1S/C20H21NO3/c21-17-9-3-2-8-16(17)18(22)13-12-15-7-1-4-10-19(15)24-20-11-5-6-14-23-20/h1-4,7-10,12-13,20H,5-6,11,14,21H2. The smallest absolute Gasteiger partial charge is 0.199 e. The highest BCUT2D eigenvalue weighted by Gasteiger charge is 2.16. The van der Waals surface area contributed by atoms with Crippen LogP contribution >= 0.6 is 0 Å². The van der Waals surface area contributed by atoms with E-state index in [0.29, 0.717) is 11.3 Å². The molecular weight excluding hydrogens is 302 g/mol. The lowest BCUT2D eigenvalue weighted by Gasteiger charge is -2.24. The van der Waals surface area contributed by atoms with Gasteiger partial charge in [0.2, 0.25) is 0 Å². The summed E-state index contributed by atoms with van der Waals surface area (Å²) in [5.41, 5.74) is 7.67. The lowest BCUT2D eigenvalue weighted by molar-refractivity contribution is -0.106. The molecule has 1 heterocycles. The first-order valence-corrected chi connectivity index (χ1v) is 8.18. The Bertz CT molecular complexity index is 733. The zero-order chi connectivity index (χ0) is 16.8. The van der Waals surface area contributed by atoms with Crippen LogP contribution in [-0.4, -0.2) is 18.7 Å². The van der Waals surface area contributed by atoms with Crippen LogP contribution in [0.5, 0.6) is 5.75 Å². The lowest BCUT2D eigenvalue weighted by atomic mass is 10.1. The van der Waals surface area contributed by atoms with E-state index in [9.17, 15) is 4.79 Å². The van der Waals surface area contributed by atoms with E-state index in [1.54, 1.807) is 24.3 Å². The van der Waals surface area contributed by atoms with Gasteiger partial charge in [0.05, 0.1) is 6.61 Å². The molecule has 0 radical (unpaired) electrons. The van der Waals surface area contributed by atoms with E-state index in [0.717, 1.165) is 37.2 Å². The summed E-state index contributed by atoms with van der Waals surface area (Å²) in [4.78, 5) is 12.3. The molecule has 2 aromatic carbocycles. The van der Waals surface area contributed by atoms with Gasteiger partial charge in [-0.15, -0.1) is 0 Å². The predicted molar refractivity (Wildman–Crippen MR) is 94.9 cm³/mol. The van der Waals surface area contributed by atoms with Crippen LogP contribution in [0, 0.1) is 0 Å². The van der Waals surface area contributed by atoms with Crippen molar-refractivity contribution < 1.29 is 14.3 Å². The van der Waals surface area contributed by atoms with E-state index in [1.807, 2.05) is 30.3 Å². The van der Waals surface area contributed by atoms with Crippen molar-refractivity contribution in [3.05, 3.63) is 65.7 Å². The molecule has 124 valence electrons. The maximum atomic E-state index is 12.3. The topological polar surface area (TPSA) is 61.6 Å². The average Bonchev–Trinajstić information content (AvgIpc) is 2.62. The summed E-state index contributed by atoms with van der Waals surface area (Å²) in [5.74, 6) is 0.589. The SMILES string of the molecule is Nc1ccccc1C(=O)C=Cc1ccccc1OC1CCCCO1. The fraction of sp³-hybridized carbons (Fsp3) is 0.250. The molecule has 0 spiro atoms. The number of nitrogen functional groups attached to an aromatic ring is 1. The maximum absolute atomic E-state index is 12.3. The molecule has 2 N–H and O–H groups in total. The van der Waals surface area contributed by atoms with Crippen LogP contribution < -0.4 is 10.5 Å². The summed E-state index contributed by atoms with van der Waals surface area (Å²) in [6, 6.07) is 14.7. The van der Waals surface area contributed by atoms with Crippen LogP contribution in [0.3, 0.4) is 0 Å². The van der Waals surface area contributed by atoms with Gasteiger partial charge in [-0.2, -0.15) is 0 Å². The fourth-order valence-electron chi connectivity index (χ4n) is 2.65. The predicted octanol–water partition coefficient (Wildman–Crippen LogP) is 4.07. The minimum atomic E-state index is -0.214. The van der Waals surface area contributed by atoms with Gasteiger partial charge >= 0.3 is 0 Å². The van der Waals surface area contributed by atoms with Crippen LogP contribution in [0.1, 0.15) is 35.2 Å². The molecule has 0 aliphatic carbocycles. The number of ether oxygens (including phenoxy) is 2. The van der Waals surface area contributed by atoms with Gasteiger partial charge in [0.1, 0.15) is 5.75 Å². The second-order valence-electron chi connectivity index (χ2n) is 5.74. The maximum Gasteiger partial charge on any atom is 0.199 e. The number of hydrogen-bond donors (Lipinski definition) is 1. The van der Waals surface area contributed by atoms with Crippen LogP contribution in [0.4, 0.5) is 5.69 Å². The summed E-state index contributed by atoms with van der Waals surface area (Å²) in [7, 11) is 0. The van der Waals surface area contributed by atoms with E-state index < -0.39 is 0 Å². The average molecular weight is 323 g/mol. The molecule has 3 rings (SSSR count). The third-order valence-corrected chi connectivity index (χ3v) is 3.96. The minimum absolute atomic E-state index is 0.128. The summed E-state index contributed by atoms with van der Waals surface area (Å²) in [6.45, 7) is 0.731. The van der Waals surface area contributed by atoms with E-state index >= 15 is 0 Å². The van der Waals surface area contributed by atoms with Gasteiger partial charge in [0, 0.05) is 23.2 Å². The first-order chi connectivity index (χ1) is 11.7. The van der Waals surface area contributed by atoms with Gasteiger partial charge in [-0.3, -0.25) is 4.79 Å². The Labute approximate surface area is 141 Å². The molecule has 0 amide bonds. The Kier molecular flexibility index (Phi) is 5.29. The van der Waals surface area contributed by atoms with Crippen LogP contribution in [-0.2, 0) is 4.74 Å². The second-order valence-corrected chi connectivity index (χ2v) is 5.74. The molecule has 1 aliphatic heterocycles. The molecule has 2 aromatic rings. The highest BCUT2D eigenvalue weighted by atomic mass is 16.7. The zero-order valence-corrected chi connectivity index (χ0v) is 13.5. The number of nitrogens with two attached hydrogens (primary N) is 1. The highest BCUT2D eigenvalue weighted by Crippen LogP contribution is 2.24. The Morgan fingerprint density at radius 3 is 2.71 bits per heavy atom. The minimum Gasteiger partial charge on any atom is -0.464 e. The number of rotatable bonds is 5. The fourth-order valence-corrected chi connectivity index (χ4v) is 2.65. The van der Waals surface area contributed by atoms with Crippen molar-refractivity contribution in [1.82, 2.24) is 0 Å². The number of ketones is 1. The molecule has 1 saturated heterocycles. The largest absolute Gasteiger partial charge is 0.464 e. The quantitative estimate of drug-likeness (QED) is 0.512. The molecule has 4 nitrogen and oxygen atoms in total. The Balaban J connectivity index is 1.75. The van der Waals surface area contributed by atoms with Gasteiger partial charge in [0.25, 0.3) is 0 Å². The van der Waals surface area contributed by atoms with Crippen LogP contribution in [0.15, 0.2) is 54.6 Å². The first-order valence-electron chi connectivity index (χ1n) is 8.18. The third-order valence-electron chi connectivity index (χ3n) is 3.96. The number of hydrogen-bond acceptors (Lipinski definition) is 4. The summed E-state index contributed by atoms with van der Waals surface area (Å²) in [6.07, 6.45) is 6.14. The van der Waals surface area contributed by atoms with E-state index in [4.69, 9.17) is 15.2 Å². The number of anilines is 1. The first kappa shape index (κ1) is 16.3. The number of carbonyl (C=O) groups excluding carboxylic acids is 1. The monoisotopic (exact) mass is 323 g/mol. The normalized spacial score (nSPS) is 17.8. The van der Waals surface area contributed by atoms with Crippen LogP contribution in [0.25, 0.3) is 6.08 Å². The third kappa shape index (κ3) is 4.03. The van der Waals surface area contributed by atoms with Crippen molar-refractivity contribution in [2.75, 3.05) is 12.3 Å². The summed E-state index contributed by atoms with van der Waals surface area (Å²) in [5, 5.41) is 0. The number of para-hydroxylation sites is 2.